The lowest BCUT2D eigenvalue weighted by atomic mass is 10.1. The van der Waals surface area contributed by atoms with Crippen LogP contribution in [0.3, 0.4) is 0 Å². The van der Waals surface area contributed by atoms with Gasteiger partial charge in [-0.1, -0.05) is 53.7 Å². The minimum atomic E-state index is -0.420. The fourth-order valence-corrected chi connectivity index (χ4v) is 3.68. The molecule has 24 heavy (non-hydrogen) atoms. The summed E-state index contributed by atoms with van der Waals surface area (Å²) in [6.07, 6.45) is 0.403. The molecular formula is C18H16N2O3S. The van der Waals surface area contributed by atoms with Crippen LogP contribution in [0.15, 0.2) is 70.1 Å². The van der Waals surface area contributed by atoms with Gasteiger partial charge in [0, 0.05) is 16.6 Å². The van der Waals surface area contributed by atoms with Gasteiger partial charge < -0.3 is 4.52 Å². The summed E-state index contributed by atoms with van der Waals surface area (Å²) in [4.78, 5) is 12.0. The molecule has 0 aliphatic rings. The maximum Gasteiger partial charge on any atom is 0.334 e. The third kappa shape index (κ3) is 3.65. The molecule has 2 aromatic carbocycles. The van der Waals surface area contributed by atoms with E-state index in [0.717, 1.165) is 10.5 Å². The molecule has 1 heterocycles. The Morgan fingerprint density at radius 3 is 2.38 bits per heavy atom. The van der Waals surface area contributed by atoms with E-state index in [0.29, 0.717) is 17.9 Å². The van der Waals surface area contributed by atoms with E-state index >= 15 is 0 Å². The molecule has 0 bridgehead atoms. The van der Waals surface area contributed by atoms with Gasteiger partial charge in [0.25, 0.3) is 0 Å². The molecule has 6 heteroatoms. The van der Waals surface area contributed by atoms with Crippen molar-refractivity contribution < 1.29 is 9.45 Å². The Hall–Kier alpha value is -2.60. The number of thioether (sulfide) groups is 1. The highest BCUT2D eigenvalue weighted by Gasteiger charge is 2.27. The van der Waals surface area contributed by atoms with Crippen LogP contribution in [-0.2, 0) is 6.42 Å². The molecule has 3 aromatic rings. The monoisotopic (exact) mass is 340 g/mol. The lowest BCUT2D eigenvalue weighted by molar-refractivity contribution is -0.386. The number of benzene rings is 2. The lowest BCUT2D eigenvalue weighted by Gasteiger charge is -2.15. The first-order valence-electron chi connectivity index (χ1n) is 7.51. The summed E-state index contributed by atoms with van der Waals surface area (Å²) in [5.74, 6) is 0.315. The van der Waals surface area contributed by atoms with Crippen molar-refractivity contribution in [3.8, 4) is 0 Å². The van der Waals surface area contributed by atoms with Gasteiger partial charge >= 0.3 is 5.69 Å². The highest BCUT2D eigenvalue weighted by molar-refractivity contribution is 7.99. The number of nitrogens with zero attached hydrogens (tertiary/aromatic N) is 2. The zero-order valence-corrected chi connectivity index (χ0v) is 13.9. The van der Waals surface area contributed by atoms with E-state index < -0.39 is 4.92 Å². The maximum absolute atomic E-state index is 11.3. The zero-order chi connectivity index (χ0) is 16.9. The number of nitro groups is 1. The van der Waals surface area contributed by atoms with E-state index in [9.17, 15) is 10.1 Å². The van der Waals surface area contributed by atoms with Crippen LogP contribution in [0.2, 0.25) is 0 Å². The van der Waals surface area contributed by atoms with Crippen LogP contribution in [0, 0.1) is 17.0 Å². The van der Waals surface area contributed by atoms with Crippen LogP contribution in [0.25, 0.3) is 0 Å². The predicted octanol–water partition coefficient (Wildman–Crippen LogP) is 4.97. The van der Waals surface area contributed by atoms with Crippen molar-refractivity contribution in [2.75, 3.05) is 0 Å². The number of hydrogen-bond donors (Lipinski definition) is 0. The first-order valence-corrected chi connectivity index (χ1v) is 8.39. The summed E-state index contributed by atoms with van der Waals surface area (Å²) in [7, 11) is 0. The predicted molar refractivity (Wildman–Crippen MR) is 93.1 cm³/mol. The van der Waals surface area contributed by atoms with Gasteiger partial charge in [0.1, 0.15) is 0 Å². The second-order valence-corrected chi connectivity index (χ2v) is 6.61. The Morgan fingerprint density at radius 1 is 1.12 bits per heavy atom. The fourth-order valence-electron chi connectivity index (χ4n) is 2.51. The summed E-state index contributed by atoms with van der Waals surface area (Å²) in [5, 5.41) is 15.0. The molecule has 1 atom stereocenters. The zero-order valence-electron chi connectivity index (χ0n) is 13.1. The molecule has 1 aromatic heterocycles. The third-order valence-corrected chi connectivity index (χ3v) is 4.91. The highest BCUT2D eigenvalue weighted by atomic mass is 32.2. The quantitative estimate of drug-likeness (QED) is 0.360. The third-order valence-electron chi connectivity index (χ3n) is 3.65. The van der Waals surface area contributed by atoms with Crippen molar-refractivity contribution in [3.63, 3.8) is 0 Å². The van der Waals surface area contributed by atoms with Crippen LogP contribution in [-0.4, -0.2) is 10.1 Å². The minimum Gasteiger partial charge on any atom is -0.354 e. The van der Waals surface area contributed by atoms with Crippen molar-refractivity contribution in [2.24, 2.45) is 0 Å². The average molecular weight is 340 g/mol. The van der Waals surface area contributed by atoms with Gasteiger partial charge in [-0.3, -0.25) is 10.1 Å². The van der Waals surface area contributed by atoms with E-state index in [-0.39, 0.29) is 10.9 Å². The van der Waals surface area contributed by atoms with Crippen molar-refractivity contribution in [2.45, 2.75) is 23.5 Å². The molecule has 0 aliphatic heterocycles. The van der Waals surface area contributed by atoms with Crippen molar-refractivity contribution in [1.82, 2.24) is 5.16 Å². The molecule has 3 rings (SSSR count). The maximum atomic E-state index is 11.3. The van der Waals surface area contributed by atoms with Crippen LogP contribution in [0.4, 0.5) is 5.69 Å². The summed E-state index contributed by atoms with van der Waals surface area (Å²) in [5.41, 5.74) is 1.38. The van der Waals surface area contributed by atoms with Gasteiger partial charge in [-0.05, 0) is 24.6 Å². The fraction of sp³-hybridized carbons (Fsp3) is 0.167. The van der Waals surface area contributed by atoms with Gasteiger partial charge in [-0.2, -0.15) is 0 Å². The van der Waals surface area contributed by atoms with Crippen molar-refractivity contribution in [3.05, 3.63) is 87.8 Å². The number of aromatic nitrogens is 1. The van der Waals surface area contributed by atoms with Crippen LogP contribution in [0.1, 0.15) is 22.3 Å². The molecule has 0 radical (unpaired) electrons. The highest BCUT2D eigenvalue weighted by Crippen LogP contribution is 2.39. The van der Waals surface area contributed by atoms with E-state index in [1.54, 1.807) is 18.7 Å². The number of aryl methyl sites for hydroxylation is 1. The molecule has 0 unspecified atom stereocenters. The van der Waals surface area contributed by atoms with Crippen molar-refractivity contribution >= 4 is 17.4 Å². The molecule has 0 amide bonds. The summed E-state index contributed by atoms with van der Waals surface area (Å²) < 4.78 is 5.24. The van der Waals surface area contributed by atoms with Crippen molar-refractivity contribution in [1.29, 1.82) is 0 Å². The molecular weight excluding hydrogens is 324 g/mol. The molecule has 122 valence electrons. The van der Waals surface area contributed by atoms with Crippen LogP contribution in [0.5, 0.6) is 0 Å². The first kappa shape index (κ1) is 16.3. The van der Waals surface area contributed by atoms with E-state index in [2.05, 4.69) is 5.16 Å². The Balaban J connectivity index is 1.92. The standard InChI is InChI=1S/C18H16N2O3S/c1-13-18(20(21)22)16(23-19-13)12-17(14-8-4-2-5-9-14)24-15-10-6-3-7-11-15/h2-11,17H,12H2,1H3/t17-/m0/s1. The van der Waals surface area contributed by atoms with E-state index in [1.165, 1.54) is 0 Å². The normalized spacial score (nSPS) is 12.0. The summed E-state index contributed by atoms with van der Waals surface area (Å²) in [6.45, 7) is 1.59. The molecule has 0 saturated heterocycles. The largest absolute Gasteiger partial charge is 0.354 e. The average Bonchev–Trinajstić information content (AvgIpc) is 2.96. The summed E-state index contributed by atoms with van der Waals surface area (Å²) >= 11 is 1.66. The van der Waals surface area contributed by atoms with Crippen LogP contribution >= 0.6 is 11.8 Å². The topological polar surface area (TPSA) is 69.2 Å². The second-order valence-electron chi connectivity index (χ2n) is 5.33. The second kappa shape index (κ2) is 7.31. The molecule has 0 saturated carbocycles. The molecule has 0 fully saturated rings. The van der Waals surface area contributed by atoms with E-state index in [1.807, 2.05) is 60.7 Å². The van der Waals surface area contributed by atoms with Crippen LogP contribution < -0.4 is 0 Å². The number of hydrogen-bond acceptors (Lipinski definition) is 5. The Labute approximate surface area is 143 Å². The Kier molecular flexibility index (Phi) is 4.96. The Bertz CT molecular complexity index is 819. The molecule has 0 aliphatic carbocycles. The Morgan fingerprint density at radius 2 is 1.75 bits per heavy atom. The van der Waals surface area contributed by atoms with Gasteiger partial charge in [0.05, 0.1) is 4.92 Å². The molecule has 0 N–H and O–H groups in total. The SMILES string of the molecule is Cc1noc(C[C@H](Sc2ccccc2)c2ccccc2)c1[N+](=O)[O-]. The lowest BCUT2D eigenvalue weighted by Crippen LogP contribution is -2.01. The molecule has 0 spiro atoms. The number of rotatable bonds is 6. The summed E-state index contributed by atoms with van der Waals surface area (Å²) in [6, 6.07) is 19.9. The van der Waals surface area contributed by atoms with Gasteiger partial charge in [-0.15, -0.1) is 11.8 Å². The smallest absolute Gasteiger partial charge is 0.334 e. The van der Waals surface area contributed by atoms with E-state index in [4.69, 9.17) is 4.52 Å². The first-order chi connectivity index (χ1) is 11.6. The van der Waals surface area contributed by atoms with Gasteiger partial charge in [-0.25, -0.2) is 0 Å². The van der Waals surface area contributed by atoms with Gasteiger partial charge in [0.2, 0.25) is 5.76 Å². The minimum absolute atomic E-state index is 0.000324. The van der Waals surface area contributed by atoms with Gasteiger partial charge in [0.15, 0.2) is 5.69 Å². The molecule has 5 nitrogen and oxygen atoms in total.